The lowest BCUT2D eigenvalue weighted by atomic mass is 10.00. The molecule has 6 nitrogen and oxygen atoms in total. The Labute approximate surface area is 165 Å². The van der Waals surface area contributed by atoms with Crippen LogP contribution in [0.5, 0.6) is 0 Å². The molecule has 1 saturated heterocycles. The van der Waals surface area contributed by atoms with Crippen molar-refractivity contribution < 1.29 is 9.63 Å². The molecule has 6 heteroatoms. The Kier molecular flexibility index (Phi) is 4.81. The van der Waals surface area contributed by atoms with Crippen molar-refractivity contribution >= 4 is 17.4 Å². The summed E-state index contributed by atoms with van der Waals surface area (Å²) in [5.41, 5.74) is 6.44. The van der Waals surface area contributed by atoms with Crippen LogP contribution < -0.4 is 10.4 Å². The second-order valence-electron chi connectivity index (χ2n) is 7.71. The number of hydroxylamine groups is 1. The topological polar surface area (TPSA) is 57.2 Å². The maximum absolute atomic E-state index is 12.8. The smallest absolute Gasteiger partial charge is 0.253 e. The van der Waals surface area contributed by atoms with Crippen LogP contribution in [0.4, 0.5) is 5.69 Å². The molecule has 0 radical (unpaired) electrons. The van der Waals surface area contributed by atoms with Crippen molar-refractivity contribution in [2.45, 2.75) is 25.5 Å². The summed E-state index contributed by atoms with van der Waals surface area (Å²) in [4.78, 5) is 27.4. The maximum Gasteiger partial charge on any atom is 0.253 e. The van der Waals surface area contributed by atoms with Crippen LogP contribution in [-0.2, 0) is 4.84 Å². The summed E-state index contributed by atoms with van der Waals surface area (Å²) >= 11 is 0. The quantitative estimate of drug-likeness (QED) is 0.892. The number of piperidine rings is 1. The second-order valence-corrected chi connectivity index (χ2v) is 7.71. The standard InChI is InChI=1S/C22H26N4O2/c1-16-4-6-17(7-5-16)20-23-22(28-24-20)12-14-26(15-13-22)21(27)18-8-10-19(11-9-18)25(2)3/h4-11H,12-15H2,1-3H3,(H,23,24). The minimum Gasteiger partial charge on any atom is -0.378 e. The Balaban J connectivity index is 1.41. The highest BCUT2D eigenvalue weighted by atomic mass is 16.7. The number of rotatable bonds is 3. The van der Waals surface area contributed by atoms with Crippen LogP contribution in [-0.4, -0.2) is 49.6 Å². The number of nitrogens with zero attached hydrogens (tertiary/aromatic N) is 3. The molecule has 146 valence electrons. The van der Waals surface area contributed by atoms with Gasteiger partial charge in [0.15, 0.2) is 11.6 Å². The number of amides is 1. The highest BCUT2D eigenvalue weighted by molar-refractivity contribution is 5.99. The van der Waals surface area contributed by atoms with E-state index in [-0.39, 0.29) is 5.91 Å². The lowest BCUT2D eigenvalue weighted by molar-refractivity contribution is -0.0849. The summed E-state index contributed by atoms with van der Waals surface area (Å²) in [6.45, 7) is 3.31. The highest BCUT2D eigenvalue weighted by Gasteiger charge is 2.41. The van der Waals surface area contributed by atoms with Crippen LogP contribution in [0.25, 0.3) is 0 Å². The van der Waals surface area contributed by atoms with Gasteiger partial charge in [-0.15, -0.1) is 0 Å². The van der Waals surface area contributed by atoms with Crippen LogP contribution in [0.1, 0.15) is 34.3 Å². The van der Waals surface area contributed by atoms with Crippen molar-refractivity contribution in [3.8, 4) is 0 Å². The van der Waals surface area contributed by atoms with E-state index in [4.69, 9.17) is 9.83 Å². The number of aryl methyl sites for hydroxylation is 1. The molecule has 0 unspecified atom stereocenters. The number of hydrogen-bond donors (Lipinski definition) is 1. The minimum atomic E-state index is -0.578. The van der Waals surface area contributed by atoms with E-state index in [2.05, 4.69) is 24.5 Å². The monoisotopic (exact) mass is 378 g/mol. The molecule has 0 saturated carbocycles. The average Bonchev–Trinajstić information content (AvgIpc) is 3.12. The molecule has 1 amide bonds. The van der Waals surface area contributed by atoms with Gasteiger partial charge in [-0.25, -0.2) is 15.3 Å². The zero-order chi connectivity index (χ0) is 19.7. The lowest BCUT2D eigenvalue weighted by Gasteiger charge is -2.35. The van der Waals surface area contributed by atoms with Gasteiger partial charge in [0.2, 0.25) is 0 Å². The second kappa shape index (κ2) is 7.28. The number of aliphatic imine (C=N–C) groups is 1. The van der Waals surface area contributed by atoms with Crippen molar-refractivity contribution in [2.24, 2.45) is 4.99 Å². The van der Waals surface area contributed by atoms with Gasteiger partial charge in [-0.3, -0.25) is 4.79 Å². The third-order valence-corrected chi connectivity index (χ3v) is 5.44. The lowest BCUT2D eigenvalue weighted by Crippen LogP contribution is -2.46. The third-order valence-electron chi connectivity index (χ3n) is 5.44. The van der Waals surface area contributed by atoms with E-state index in [1.165, 1.54) is 5.56 Å². The predicted octanol–water partition coefficient (Wildman–Crippen LogP) is 2.97. The SMILES string of the molecule is Cc1ccc(C2=NC3(CCN(C(=O)c4ccc(N(C)C)cc4)CC3)ON2)cc1. The number of carbonyl (C=O) groups excluding carboxylic acids is 1. The van der Waals surface area contributed by atoms with Gasteiger partial charge in [-0.05, 0) is 31.2 Å². The number of hydrogen-bond acceptors (Lipinski definition) is 5. The first-order valence-corrected chi connectivity index (χ1v) is 9.63. The molecule has 1 N–H and O–H groups in total. The zero-order valence-corrected chi connectivity index (χ0v) is 16.6. The third kappa shape index (κ3) is 3.60. The number of carbonyl (C=O) groups is 1. The normalized spacial score (nSPS) is 18.0. The molecular weight excluding hydrogens is 352 g/mol. The summed E-state index contributed by atoms with van der Waals surface area (Å²) in [7, 11) is 3.98. The van der Waals surface area contributed by atoms with E-state index < -0.39 is 5.72 Å². The first-order valence-electron chi connectivity index (χ1n) is 9.63. The van der Waals surface area contributed by atoms with Crippen LogP contribution >= 0.6 is 0 Å². The minimum absolute atomic E-state index is 0.0637. The molecule has 0 aromatic heterocycles. The van der Waals surface area contributed by atoms with Gasteiger partial charge in [-0.2, -0.15) is 0 Å². The van der Waals surface area contributed by atoms with Crippen molar-refractivity contribution in [1.82, 2.24) is 10.4 Å². The van der Waals surface area contributed by atoms with Crippen molar-refractivity contribution in [3.05, 3.63) is 65.2 Å². The molecule has 2 heterocycles. The van der Waals surface area contributed by atoms with Crippen LogP contribution in [0, 0.1) is 6.92 Å². The molecule has 0 atom stereocenters. The number of amidine groups is 1. The highest BCUT2D eigenvalue weighted by Crippen LogP contribution is 2.31. The summed E-state index contributed by atoms with van der Waals surface area (Å²) in [6, 6.07) is 15.9. The molecule has 0 bridgehead atoms. The van der Waals surface area contributed by atoms with Gasteiger partial charge in [0, 0.05) is 56.8 Å². The largest absolute Gasteiger partial charge is 0.378 e. The molecule has 28 heavy (non-hydrogen) atoms. The number of nitrogens with one attached hydrogen (secondary N) is 1. The summed E-state index contributed by atoms with van der Waals surface area (Å²) in [5, 5.41) is 0. The molecule has 2 aliphatic heterocycles. The van der Waals surface area contributed by atoms with Crippen molar-refractivity contribution in [1.29, 1.82) is 0 Å². The summed E-state index contributed by atoms with van der Waals surface area (Å²) < 4.78 is 0. The molecule has 1 fully saturated rings. The average molecular weight is 378 g/mol. The van der Waals surface area contributed by atoms with Crippen LogP contribution in [0.2, 0.25) is 0 Å². The van der Waals surface area contributed by atoms with E-state index >= 15 is 0 Å². The fourth-order valence-electron chi connectivity index (χ4n) is 3.59. The van der Waals surface area contributed by atoms with Gasteiger partial charge in [0.05, 0.1) is 0 Å². The molecule has 2 aromatic rings. The van der Waals surface area contributed by atoms with E-state index in [1.807, 2.05) is 60.3 Å². The fraction of sp³-hybridized carbons (Fsp3) is 0.364. The van der Waals surface area contributed by atoms with Gasteiger partial charge < -0.3 is 9.80 Å². The molecule has 4 rings (SSSR count). The fourth-order valence-corrected chi connectivity index (χ4v) is 3.59. The molecular formula is C22H26N4O2. The molecule has 2 aliphatic rings. The zero-order valence-electron chi connectivity index (χ0n) is 16.6. The van der Waals surface area contributed by atoms with E-state index in [1.54, 1.807) is 0 Å². The number of anilines is 1. The van der Waals surface area contributed by atoms with Gasteiger partial charge in [0.1, 0.15) is 0 Å². The first-order chi connectivity index (χ1) is 13.5. The van der Waals surface area contributed by atoms with Crippen molar-refractivity contribution in [3.63, 3.8) is 0 Å². The molecule has 0 aliphatic carbocycles. The van der Waals surface area contributed by atoms with Crippen molar-refractivity contribution in [2.75, 3.05) is 32.1 Å². The molecule has 1 spiro atoms. The van der Waals surface area contributed by atoms with Gasteiger partial charge in [-0.1, -0.05) is 29.8 Å². The Morgan fingerprint density at radius 2 is 1.71 bits per heavy atom. The Hall–Kier alpha value is -2.86. The Morgan fingerprint density at radius 3 is 2.32 bits per heavy atom. The van der Waals surface area contributed by atoms with E-state index in [9.17, 15) is 4.79 Å². The molecule has 2 aromatic carbocycles. The van der Waals surface area contributed by atoms with E-state index in [0.717, 1.165) is 22.6 Å². The van der Waals surface area contributed by atoms with Gasteiger partial charge in [0.25, 0.3) is 5.91 Å². The predicted molar refractivity (Wildman–Crippen MR) is 111 cm³/mol. The van der Waals surface area contributed by atoms with Crippen LogP contribution in [0.3, 0.4) is 0 Å². The summed E-state index contributed by atoms with van der Waals surface area (Å²) in [5.74, 6) is 0.827. The Morgan fingerprint density at radius 1 is 1.07 bits per heavy atom. The number of likely N-dealkylation sites (tertiary alicyclic amines) is 1. The number of benzene rings is 2. The summed E-state index contributed by atoms with van der Waals surface area (Å²) in [6.07, 6.45) is 1.35. The van der Waals surface area contributed by atoms with Crippen LogP contribution in [0.15, 0.2) is 53.5 Å². The van der Waals surface area contributed by atoms with Gasteiger partial charge >= 0.3 is 0 Å². The van der Waals surface area contributed by atoms with E-state index in [0.29, 0.717) is 25.9 Å². The maximum atomic E-state index is 12.8. The first kappa shape index (κ1) is 18.5. The Bertz CT molecular complexity index is 880.